The number of benzene rings is 1. The Morgan fingerprint density at radius 3 is 2.72 bits per heavy atom. The van der Waals surface area contributed by atoms with Crippen LogP contribution in [0.5, 0.6) is 11.5 Å². The highest BCUT2D eigenvalue weighted by Crippen LogP contribution is 2.31. The number of likely N-dealkylation sites (N-methyl/N-ethyl adjacent to an activating group) is 1. The Morgan fingerprint density at radius 1 is 1.17 bits per heavy atom. The Bertz CT molecular complexity index is 998. The zero-order valence-corrected chi connectivity index (χ0v) is 16.6. The summed E-state index contributed by atoms with van der Waals surface area (Å²) in [7, 11) is 1.65. The predicted molar refractivity (Wildman–Crippen MR) is 108 cm³/mol. The first-order valence-electron chi connectivity index (χ1n) is 9.12. The largest absolute Gasteiger partial charge is 0.486 e. The summed E-state index contributed by atoms with van der Waals surface area (Å²) < 4.78 is 18.6. The molecular weight excluding hydrogens is 392 g/mol. The van der Waals surface area contributed by atoms with Gasteiger partial charge in [-0.15, -0.1) is 11.3 Å². The number of rotatable bonds is 6. The number of esters is 1. The minimum Gasteiger partial charge on any atom is -0.486 e. The standard InChI is InChI=1S/C21H20N2O5S/c1-22(12-15-13-26-17-6-2-3-7-18(17)28-15)19(24)14-27-21(25)20-16(8-11-29-20)23-9-4-5-10-23/h2-11,15H,12-14H2,1H3/t15-/m0/s1. The van der Waals surface area contributed by atoms with E-state index in [9.17, 15) is 9.59 Å². The van der Waals surface area contributed by atoms with Gasteiger partial charge in [-0.2, -0.15) is 0 Å². The smallest absolute Gasteiger partial charge is 0.350 e. The first-order chi connectivity index (χ1) is 14.1. The summed E-state index contributed by atoms with van der Waals surface area (Å²) in [4.78, 5) is 26.8. The van der Waals surface area contributed by atoms with Crippen molar-refractivity contribution in [2.24, 2.45) is 0 Å². The van der Waals surface area contributed by atoms with E-state index in [2.05, 4.69) is 0 Å². The van der Waals surface area contributed by atoms with Gasteiger partial charge in [0.05, 0.1) is 12.2 Å². The molecule has 0 saturated heterocycles. The molecule has 2 aromatic heterocycles. The van der Waals surface area contributed by atoms with Gasteiger partial charge in [-0.25, -0.2) is 4.79 Å². The molecule has 0 saturated carbocycles. The maximum atomic E-state index is 12.4. The van der Waals surface area contributed by atoms with Crippen molar-refractivity contribution >= 4 is 23.2 Å². The van der Waals surface area contributed by atoms with Crippen molar-refractivity contribution in [3.8, 4) is 17.2 Å². The zero-order valence-electron chi connectivity index (χ0n) is 15.8. The molecule has 0 unspecified atom stereocenters. The van der Waals surface area contributed by atoms with Crippen molar-refractivity contribution in [2.45, 2.75) is 6.10 Å². The topological polar surface area (TPSA) is 70.0 Å². The molecule has 0 aliphatic carbocycles. The number of hydrogen-bond acceptors (Lipinski definition) is 6. The SMILES string of the molecule is CN(C[C@H]1COc2ccccc2O1)C(=O)COC(=O)c1sccc1-n1cccc1. The predicted octanol–water partition coefficient (Wildman–Crippen LogP) is 2.99. The molecule has 0 radical (unpaired) electrons. The molecule has 1 aliphatic rings. The van der Waals surface area contributed by atoms with Gasteiger partial charge in [-0.3, -0.25) is 4.79 Å². The fourth-order valence-electron chi connectivity index (χ4n) is 3.02. The Hall–Kier alpha value is -3.26. The highest BCUT2D eigenvalue weighted by molar-refractivity contribution is 7.12. The minimum atomic E-state index is -0.517. The van der Waals surface area contributed by atoms with Crippen molar-refractivity contribution in [1.29, 1.82) is 0 Å². The number of carbonyl (C=O) groups excluding carboxylic acids is 2. The molecule has 7 nitrogen and oxygen atoms in total. The monoisotopic (exact) mass is 412 g/mol. The van der Waals surface area contributed by atoms with Gasteiger partial charge in [0, 0.05) is 19.4 Å². The Balaban J connectivity index is 1.30. The molecule has 3 heterocycles. The van der Waals surface area contributed by atoms with Crippen molar-refractivity contribution in [3.63, 3.8) is 0 Å². The third kappa shape index (κ3) is 4.27. The molecule has 1 amide bonds. The molecule has 3 aromatic rings. The van der Waals surface area contributed by atoms with Crippen LogP contribution in [0.3, 0.4) is 0 Å². The second-order valence-electron chi connectivity index (χ2n) is 6.57. The van der Waals surface area contributed by atoms with Gasteiger partial charge in [0.15, 0.2) is 24.2 Å². The van der Waals surface area contributed by atoms with E-state index in [1.165, 1.54) is 16.2 Å². The Morgan fingerprint density at radius 2 is 1.93 bits per heavy atom. The van der Waals surface area contributed by atoms with Crippen LogP contribution in [0.2, 0.25) is 0 Å². The molecule has 0 bridgehead atoms. The first kappa shape index (κ1) is 19.1. The zero-order chi connectivity index (χ0) is 20.2. The third-order valence-corrected chi connectivity index (χ3v) is 5.39. The average Bonchev–Trinajstić information content (AvgIpc) is 3.43. The molecule has 0 spiro atoms. The van der Waals surface area contributed by atoms with E-state index < -0.39 is 5.97 Å². The lowest BCUT2D eigenvalue weighted by atomic mass is 10.2. The molecule has 8 heteroatoms. The van der Waals surface area contributed by atoms with Crippen LogP contribution in [-0.2, 0) is 9.53 Å². The van der Waals surface area contributed by atoms with Gasteiger partial charge in [0.25, 0.3) is 5.91 Å². The number of amides is 1. The summed E-state index contributed by atoms with van der Waals surface area (Å²) in [6.45, 7) is 0.352. The highest BCUT2D eigenvalue weighted by atomic mass is 32.1. The van der Waals surface area contributed by atoms with Crippen LogP contribution in [0.25, 0.3) is 5.69 Å². The van der Waals surface area contributed by atoms with Crippen molar-refractivity contribution in [2.75, 3.05) is 26.8 Å². The van der Waals surface area contributed by atoms with Gasteiger partial charge < -0.3 is 23.7 Å². The summed E-state index contributed by atoms with van der Waals surface area (Å²) >= 11 is 1.28. The fourth-order valence-corrected chi connectivity index (χ4v) is 3.80. The molecule has 0 fully saturated rings. The summed E-state index contributed by atoms with van der Waals surface area (Å²) in [5.41, 5.74) is 0.734. The van der Waals surface area contributed by atoms with Crippen molar-refractivity contribution in [3.05, 3.63) is 65.1 Å². The Labute approximate surface area is 172 Å². The quantitative estimate of drug-likeness (QED) is 0.582. The van der Waals surface area contributed by atoms with E-state index >= 15 is 0 Å². The molecule has 1 aromatic carbocycles. The second kappa shape index (κ2) is 8.40. The average molecular weight is 412 g/mol. The summed E-state index contributed by atoms with van der Waals surface area (Å²) in [5.74, 6) is 0.531. The molecule has 0 N–H and O–H groups in total. The van der Waals surface area contributed by atoms with Crippen LogP contribution in [0, 0.1) is 0 Å². The van der Waals surface area contributed by atoms with E-state index in [0.717, 1.165) is 5.69 Å². The molecule has 1 aliphatic heterocycles. The normalized spacial score (nSPS) is 15.0. The third-order valence-electron chi connectivity index (χ3n) is 4.51. The fraction of sp³-hybridized carbons (Fsp3) is 0.238. The van der Waals surface area contributed by atoms with Crippen LogP contribution in [0.1, 0.15) is 9.67 Å². The first-order valence-corrected chi connectivity index (χ1v) is 10.00. The van der Waals surface area contributed by atoms with Crippen LogP contribution >= 0.6 is 11.3 Å². The van der Waals surface area contributed by atoms with E-state index in [-0.39, 0.29) is 18.6 Å². The minimum absolute atomic E-state index is 0.285. The molecule has 29 heavy (non-hydrogen) atoms. The van der Waals surface area contributed by atoms with E-state index in [0.29, 0.717) is 29.5 Å². The van der Waals surface area contributed by atoms with Gasteiger partial charge in [0.1, 0.15) is 11.5 Å². The van der Waals surface area contributed by atoms with Gasteiger partial charge in [0.2, 0.25) is 0 Å². The summed E-state index contributed by atoms with van der Waals surface area (Å²) in [5, 5.41) is 1.82. The number of para-hydroxylation sites is 2. The number of nitrogens with zero attached hydrogens (tertiary/aromatic N) is 2. The summed E-state index contributed by atoms with van der Waals surface area (Å²) in [6.07, 6.45) is 3.41. The van der Waals surface area contributed by atoms with Gasteiger partial charge in [-0.05, 0) is 35.7 Å². The lowest BCUT2D eigenvalue weighted by Gasteiger charge is -2.29. The van der Waals surface area contributed by atoms with Crippen molar-refractivity contribution < 1.29 is 23.8 Å². The molecule has 150 valence electrons. The van der Waals surface area contributed by atoms with E-state index in [4.69, 9.17) is 14.2 Å². The van der Waals surface area contributed by atoms with Crippen LogP contribution < -0.4 is 9.47 Å². The number of ether oxygens (including phenoxy) is 3. The summed E-state index contributed by atoms with van der Waals surface area (Å²) in [6, 6.07) is 13.0. The highest BCUT2D eigenvalue weighted by Gasteiger charge is 2.24. The van der Waals surface area contributed by atoms with Gasteiger partial charge >= 0.3 is 5.97 Å². The van der Waals surface area contributed by atoms with Crippen molar-refractivity contribution in [1.82, 2.24) is 9.47 Å². The van der Waals surface area contributed by atoms with E-state index in [1.54, 1.807) is 7.05 Å². The van der Waals surface area contributed by atoms with Crippen LogP contribution in [-0.4, -0.2) is 54.3 Å². The maximum absolute atomic E-state index is 12.4. The lowest BCUT2D eigenvalue weighted by Crippen LogP contribution is -2.43. The second-order valence-corrected chi connectivity index (χ2v) is 7.49. The number of fused-ring (bicyclic) bond motifs is 1. The number of hydrogen-bond donors (Lipinski definition) is 0. The van der Waals surface area contributed by atoms with Crippen LogP contribution in [0.4, 0.5) is 0 Å². The number of thiophene rings is 1. The number of aromatic nitrogens is 1. The molecule has 4 rings (SSSR count). The molecular formula is C21H20N2O5S. The maximum Gasteiger partial charge on any atom is 0.350 e. The van der Waals surface area contributed by atoms with Crippen LogP contribution in [0.15, 0.2) is 60.2 Å². The van der Waals surface area contributed by atoms with E-state index in [1.807, 2.05) is 64.8 Å². The Kier molecular flexibility index (Phi) is 5.53. The number of carbonyl (C=O) groups is 2. The lowest BCUT2D eigenvalue weighted by molar-refractivity contribution is -0.134. The molecule has 1 atom stereocenters. The van der Waals surface area contributed by atoms with Gasteiger partial charge in [-0.1, -0.05) is 12.1 Å².